The number of nitrogens with zero attached hydrogens (tertiary/aromatic N) is 2. The number of morpholine rings is 1. The van der Waals surface area contributed by atoms with E-state index in [1.54, 1.807) is 19.1 Å². The van der Waals surface area contributed by atoms with Crippen molar-refractivity contribution < 1.29 is 18.7 Å². The van der Waals surface area contributed by atoms with Gasteiger partial charge in [0.15, 0.2) is 0 Å². The molecule has 2 saturated heterocycles. The van der Waals surface area contributed by atoms with Crippen LogP contribution < -0.4 is 5.32 Å². The van der Waals surface area contributed by atoms with E-state index in [4.69, 9.17) is 4.74 Å². The minimum atomic E-state index is -0.336. The molecule has 2 aliphatic heterocycles. The van der Waals surface area contributed by atoms with Crippen molar-refractivity contribution in [2.24, 2.45) is 5.92 Å². The molecule has 0 aromatic heterocycles. The summed E-state index contributed by atoms with van der Waals surface area (Å²) < 4.78 is 18.9. The number of halogens is 1. The summed E-state index contributed by atoms with van der Waals surface area (Å²) in [6.07, 6.45) is 1.75. The second-order valence-electron chi connectivity index (χ2n) is 7.02. The van der Waals surface area contributed by atoms with Crippen LogP contribution in [-0.2, 0) is 14.3 Å². The van der Waals surface area contributed by atoms with Gasteiger partial charge in [-0.2, -0.15) is 0 Å². The fourth-order valence-electron chi connectivity index (χ4n) is 3.52. The van der Waals surface area contributed by atoms with Crippen molar-refractivity contribution in [3.63, 3.8) is 0 Å². The molecule has 1 atom stereocenters. The van der Waals surface area contributed by atoms with Crippen molar-refractivity contribution >= 4 is 17.5 Å². The molecule has 26 heavy (non-hydrogen) atoms. The maximum atomic E-state index is 13.6. The van der Waals surface area contributed by atoms with Crippen LogP contribution in [0.3, 0.4) is 0 Å². The number of amides is 2. The Hall–Kier alpha value is -1.99. The number of likely N-dealkylation sites (tertiary alicyclic amines) is 1. The van der Waals surface area contributed by atoms with Crippen LogP contribution in [0.1, 0.15) is 18.4 Å². The number of anilines is 1. The summed E-state index contributed by atoms with van der Waals surface area (Å²) in [5, 5.41) is 2.73. The summed E-state index contributed by atoms with van der Waals surface area (Å²) in [6.45, 7) is 5.76. The van der Waals surface area contributed by atoms with Crippen molar-refractivity contribution in [2.75, 3.05) is 51.3 Å². The van der Waals surface area contributed by atoms with Gasteiger partial charge < -0.3 is 15.0 Å². The predicted molar refractivity (Wildman–Crippen MR) is 96.3 cm³/mol. The van der Waals surface area contributed by atoms with Crippen molar-refractivity contribution in [1.29, 1.82) is 0 Å². The number of hydrogen-bond acceptors (Lipinski definition) is 4. The number of hydrogen-bond donors (Lipinski definition) is 1. The van der Waals surface area contributed by atoms with Crippen molar-refractivity contribution in [3.8, 4) is 0 Å². The predicted octanol–water partition coefficient (Wildman–Crippen LogP) is 1.64. The van der Waals surface area contributed by atoms with Crippen LogP contribution in [0.4, 0.5) is 10.1 Å². The van der Waals surface area contributed by atoms with Gasteiger partial charge in [0.1, 0.15) is 5.82 Å². The third kappa shape index (κ3) is 4.80. The first-order valence-electron chi connectivity index (χ1n) is 9.18. The summed E-state index contributed by atoms with van der Waals surface area (Å²) in [5.41, 5.74) is 1.000. The van der Waals surface area contributed by atoms with Gasteiger partial charge in [0.05, 0.1) is 25.7 Å². The molecule has 2 heterocycles. The second-order valence-corrected chi connectivity index (χ2v) is 7.02. The molecule has 1 N–H and O–H groups in total. The normalized spacial score (nSPS) is 21.5. The topological polar surface area (TPSA) is 61.9 Å². The monoisotopic (exact) mass is 363 g/mol. The van der Waals surface area contributed by atoms with Gasteiger partial charge in [-0.1, -0.05) is 6.07 Å². The molecule has 1 aromatic carbocycles. The molecular weight excluding hydrogens is 337 g/mol. The Balaban J connectivity index is 1.51. The van der Waals surface area contributed by atoms with E-state index in [2.05, 4.69) is 5.32 Å². The third-order valence-corrected chi connectivity index (χ3v) is 5.00. The zero-order valence-corrected chi connectivity index (χ0v) is 15.2. The average Bonchev–Trinajstić information content (AvgIpc) is 2.65. The first-order chi connectivity index (χ1) is 12.5. The van der Waals surface area contributed by atoms with Gasteiger partial charge >= 0.3 is 0 Å². The lowest BCUT2D eigenvalue weighted by Crippen LogP contribution is -2.49. The number of ether oxygens (including phenoxy) is 1. The molecule has 1 aromatic rings. The first-order valence-corrected chi connectivity index (χ1v) is 9.18. The minimum Gasteiger partial charge on any atom is -0.378 e. The first kappa shape index (κ1) is 18.8. The van der Waals surface area contributed by atoms with Crippen LogP contribution in [0.15, 0.2) is 18.2 Å². The van der Waals surface area contributed by atoms with Gasteiger partial charge in [0, 0.05) is 25.3 Å². The molecule has 0 spiro atoms. The average molecular weight is 363 g/mol. The van der Waals surface area contributed by atoms with Gasteiger partial charge in [-0.15, -0.1) is 0 Å². The number of benzene rings is 1. The Bertz CT molecular complexity index is 661. The van der Waals surface area contributed by atoms with E-state index >= 15 is 0 Å². The van der Waals surface area contributed by atoms with Gasteiger partial charge in [-0.25, -0.2) is 4.39 Å². The number of carbonyl (C=O) groups is 2. The number of rotatable bonds is 4. The minimum absolute atomic E-state index is 0.0635. The molecule has 0 bridgehead atoms. The number of aryl methyl sites for hydroxylation is 1. The molecule has 1 unspecified atom stereocenters. The fourth-order valence-corrected chi connectivity index (χ4v) is 3.52. The second kappa shape index (κ2) is 8.60. The maximum absolute atomic E-state index is 13.6. The van der Waals surface area contributed by atoms with Crippen LogP contribution in [0.25, 0.3) is 0 Å². The van der Waals surface area contributed by atoms with E-state index in [1.165, 1.54) is 6.07 Å². The van der Waals surface area contributed by atoms with Crippen molar-refractivity contribution in [3.05, 3.63) is 29.6 Å². The Morgan fingerprint density at radius 2 is 2.04 bits per heavy atom. The standard InChI is InChI=1S/C19H26FN3O3/c1-14-4-5-16(11-17(14)20)21-18(24)13-22-6-2-3-15(12-22)19(25)23-7-9-26-10-8-23/h4-5,11,15H,2-3,6-10,12-13H2,1H3,(H,21,24). The van der Waals surface area contributed by atoms with Gasteiger partial charge in [0.2, 0.25) is 11.8 Å². The fraction of sp³-hybridized carbons (Fsp3) is 0.579. The van der Waals surface area contributed by atoms with E-state index in [0.717, 1.165) is 19.4 Å². The number of piperidine rings is 1. The highest BCUT2D eigenvalue weighted by Crippen LogP contribution is 2.20. The Morgan fingerprint density at radius 1 is 1.27 bits per heavy atom. The van der Waals surface area contributed by atoms with E-state index in [9.17, 15) is 14.0 Å². The lowest BCUT2D eigenvalue weighted by atomic mass is 9.96. The summed E-state index contributed by atoms with van der Waals surface area (Å²) in [5.74, 6) is -0.421. The highest BCUT2D eigenvalue weighted by atomic mass is 19.1. The molecule has 0 aliphatic carbocycles. The molecule has 2 fully saturated rings. The molecule has 7 heteroatoms. The van der Waals surface area contributed by atoms with Gasteiger partial charge in [-0.3, -0.25) is 14.5 Å². The maximum Gasteiger partial charge on any atom is 0.238 e. The van der Waals surface area contributed by atoms with Gasteiger partial charge in [-0.05, 0) is 44.0 Å². The number of nitrogens with one attached hydrogen (secondary N) is 1. The molecule has 2 amide bonds. The lowest BCUT2D eigenvalue weighted by Gasteiger charge is -2.35. The summed E-state index contributed by atoms with van der Waals surface area (Å²) in [4.78, 5) is 28.8. The van der Waals surface area contributed by atoms with Crippen LogP contribution in [-0.4, -0.2) is 67.6 Å². The molecule has 6 nitrogen and oxygen atoms in total. The smallest absolute Gasteiger partial charge is 0.238 e. The SMILES string of the molecule is Cc1ccc(NC(=O)CN2CCCC(C(=O)N3CCOCC3)C2)cc1F. The van der Waals surface area contributed by atoms with Crippen LogP contribution in [0.5, 0.6) is 0 Å². The molecule has 0 radical (unpaired) electrons. The summed E-state index contributed by atoms with van der Waals surface area (Å²) >= 11 is 0. The quantitative estimate of drug-likeness (QED) is 0.884. The van der Waals surface area contributed by atoms with Crippen LogP contribution >= 0.6 is 0 Å². The molecule has 3 rings (SSSR count). The van der Waals surface area contributed by atoms with E-state index < -0.39 is 0 Å². The Morgan fingerprint density at radius 3 is 2.77 bits per heavy atom. The van der Waals surface area contributed by atoms with E-state index in [-0.39, 0.29) is 30.1 Å². The molecule has 0 saturated carbocycles. The van der Waals surface area contributed by atoms with Crippen LogP contribution in [0, 0.1) is 18.7 Å². The van der Waals surface area contributed by atoms with Crippen LogP contribution in [0.2, 0.25) is 0 Å². The van der Waals surface area contributed by atoms with E-state index in [1.807, 2.05) is 9.80 Å². The van der Waals surface area contributed by atoms with E-state index in [0.29, 0.717) is 44.1 Å². The van der Waals surface area contributed by atoms with Crippen molar-refractivity contribution in [1.82, 2.24) is 9.80 Å². The molecule has 2 aliphatic rings. The lowest BCUT2D eigenvalue weighted by molar-refractivity contribution is -0.141. The zero-order valence-electron chi connectivity index (χ0n) is 15.2. The Labute approximate surface area is 153 Å². The summed E-state index contributed by atoms with van der Waals surface area (Å²) in [7, 11) is 0. The summed E-state index contributed by atoms with van der Waals surface area (Å²) in [6, 6.07) is 4.66. The zero-order chi connectivity index (χ0) is 18.5. The third-order valence-electron chi connectivity index (χ3n) is 5.00. The number of carbonyl (C=O) groups excluding carboxylic acids is 2. The Kier molecular flexibility index (Phi) is 6.21. The largest absolute Gasteiger partial charge is 0.378 e. The van der Waals surface area contributed by atoms with Crippen molar-refractivity contribution in [2.45, 2.75) is 19.8 Å². The highest BCUT2D eigenvalue weighted by Gasteiger charge is 2.30. The molecule has 142 valence electrons. The van der Waals surface area contributed by atoms with Gasteiger partial charge in [0.25, 0.3) is 0 Å². The molecular formula is C19H26FN3O3. The highest BCUT2D eigenvalue weighted by molar-refractivity contribution is 5.92.